The third-order valence-electron chi connectivity index (χ3n) is 4.20. The quantitative estimate of drug-likeness (QED) is 0.717. The van der Waals surface area contributed by atoms with Gasteiger partial charge in [0.15, 0.2) is 5.17 Å². The van der Waals surface area contributed by atoms with Gasteiger partial charge in [0, 0.05) is 17.9 Å². The molecule has 2 aromatic rings. The van der Waals surface area contributed by atoms with Crippen LogP contribution in [0.2, 0.25) is 0 Å². The van der Waals surface area contributed by atoms with Crippen LogP contribution in [0.3, 0.4) is 0 Å². The van der Waals surface area contributed by atoms with Crippen molar-refractivity contribution < 1.29 is 9.53 Å². The van der Waals surface area contributed by atoms with Gasteiger partial charge in [-0.3, -0.25) is 9.69 Å². The SMILES string of the molecule is CC[C@H]1CSC(=Nc2ccc(OC)cc2)N1C(=O)/C=C/c1ccccc1. The maximum Gasteiger partial charge on any atom is 0.252 e. The Morgan fingerprint density at radius 2 is 1.96 bits per heavy atom. The highest BCUT2D eigenvalue weighted by atomic mass is 32.2. The lowest BCUT2D eigenvalue weighted by atomic mass is 10.2. The number of benzene rings is 2. The maximum atomic E-state index is 12.8. The Morgan fingerprint density at radius 1 is 1.23 bits per heavy atom. The molecular weight excluding hydrogens is 344 g/mol. The fourth-order valence-electron chi connectivity index (χ4n) is 2.71. The highest BCUT2D eigenvalue weighted by molar-refractivity contribution is 8.14. The number of thioether (sulfide) groups is 1. The maximum absolute atomic E-state index is 12.8. The highest BCUT2D eigenvalue weighted by Crippen LogP contribution is 2.29. The number of aliphatic imine (C=N–C) groups is 1. The summed E-state index contributed by atoms with van der Waals surface area (Å²) >= 11 is 1.63. The molecule has 0 unspecified atom stereocenters. The van der Waals surface area contributed by atoms with Crippen molar-refractivity contribution in [2.75, 3.05) is 12.9 Å². The summed E-state index contributed by atoms with van der Waals surface area (Å²) in [5, 5.41) is 0.754. The second kappa shape index (κ2) is 8.72. The van der Waals surface area contributed by atoms with Crippen LogP contribution >= 0.6 is 11.8 Å². The van der Waals surface area contributed by atoms with E-state index in [4.69, 9.17) is 4.74 Å². The van der Waals surface area contributed by atoms with E-state index in [1.165, 1.54) is 0 Å². The third-order valence-corrected chi connectivity index (χ3v) is 5.30. The molecule has 0 bridgehead atoms. The molecule has 0 aromatic heterocycles. The number of nitrogens with zero attached hydrogens (tertiary/aromatic N) is 2. The number of carbonyl (C=O) groups is 1. The number of hydrogen-bond acceptors (Lipinski definition) is 4. The minimum Gasteiger partial charge on any atom is -0.497 e. The van der Waals surface area contributed by atoms with Crippen LogP contribution in [0.5, 0.6) is 5.75 Å². The summed E-state index contributed by atoms with van der Waals surface area (Å²) in [5.41, 5.74) is 1.82. The van der Waals surface area contributed by atoms with Gasteiger partial charge in [0.1, 0.15) is 5.75 Å². The van der Waals surface area contributed by atoms with E-state index in [-0.39, 0.29) is 11.9 Å². The van der Waals surface area contributed by atoms with Crippen molar-refractivity contribution >= 4 is 34.6 Å². The molecule has 3 rings (SSSR count). The molecule has 1 atom stereocenters. The molecule has 134 valence electrons. The van der Waals surface area contributed by atoms with Crippen LogP contribution in [-0.4, -0.2) is 34.9 Å². The Morgan fingerprint density at radius 3 is 2.62 bits per heavy atom. The van der Waals surface area contributed by atoms with Crippen LogP contribution in [0.1, 0.15) is 18.9 Å². The first kappa shape index (κ1) is 18.3. The van der Waals surface area contributed by atoms with E-state index >= 15 is 0 Å². The predicted octanol–water partition coefficient (Wildman–Crippen LogP) is 4.75. The van der Waals surface area contributed by atoms with Crippen molar-refractivity contribution in [3.8, 4) is 5.75 Å². The zero-order valence-electron chi connectivity index (χ0n) is 15.0. The molecule has 4 nitrogen and oxygen atoms in total. The molecule has 5 heteroatoms. The summed E-state index contributed by atoms with van der Waals surface area (Å²) in [6.45, 7) is 2.10. The molecule has 26 heavy (non-hydrogen) atoms. The largest absolute Gasteiger partial charge is 0.497 e. The zero-order valence-corrected chi connectivity index (χ0v) is 15.8. The van der Waals surface area contributed by atoms with E-state index in [1.54, 1.807) is 24.9 Å². The van der Waals surface area contributed by atoms with Crippen LogP contribution in [0.25, 0.3) is 6.08 Å². The van der Waals surface area contributed by atoms with Gasteiger partial charge in [-0.1, -0.05) is 49.0 Å². The van der Waals surface area contributed by atoms with Crippen molar-refractivity contribution in [2.24, 2.45) is 4.99 Å². The molecule has 1 aliphatic heterocycles. The summed E-state index contributed by atoms with van der Waals surface area (Å²) in [5.74, 6) is 1.63. The lowest BCUT2D eigenvalue weighted by molar-refractivity contribution is -0.123. The number of amidine groups is 1. The number of ether oxygens (including phenoxy) is 1. The molecule has 0 N–H and O–H groups in total. The number of carbonyl (C=O) groups excluding carboxylic acids is 1. The van der Waals surface area contributed by atoms with Crippen molar-refractivity contribution in [1.82, 2.24) is 4.90 Å². The topological polar surface area (TPSA) is 41.9 Å². The van der Waals surface area contributed by atoms with Gasteiger partial charge in [-0.2, -0.15) is 0 Å². The van der Waals surface area contributed by atoms with Crippen molar-refractivity contribution in [2.45, 2.75) is 19.4 Å². The fraction of sp³-hybridized carbons (Fsp3) is 0.238. The first-order chi connectivity index (χ1) is 12.7. The van der Waals surface area contributed by atoms with Gasteiger partial charge in [0.25, 0.3) is 5.91 Å². The van der Waals surface area contributed by atoms with E-state index in [9.17, 15) is 4.79 Å². The van der Waals surface area contributed by atoms with Gasteiger partial charge < -0.3 is 4.74 Å². The predicted molar refractivity (Wildman–Crippen MR) is 109 cm³/mol. The van der Waals surface area contributed by atoms with Crippen molar-refractivity contribution in [3.63, 3.8) is 0 Å². The standard InChI is InChI=1S/C21H22N2O2S/c1-3-18-15-26-21(22-17-10-12-19(25-2)13-11-17)23(18)20(24)14-9-16-7-5-4-6-8-16/h4-14,18H,3,15H2,1-2H3/b14-9+,22-21?/t18-/m0/s1. The second-order valence-electron chi connectivity index (χ2n) is 5.92. The van der Waals surface area contributed by atoms with Gasteiger partial charge >= 0.3 is 0 Å². The summed E-state index contributed by atoms with van der Waals surface area (Å²) < 4.78 is 5.18. The van der Waals surface area contributed by atoms with Crippen molar-refractivity contribution in [1.29, 1.82) is 0 Å². The molecule has 1 saturated heterocycles. The van der Waals surface area contributed by atoms with Crippen LogP contribution in [0.15, 0.2) is 65.7 Å². The lowest BCUT2D eigenvalue weighted by Crippen LogP contribution is -2.37. The number of methoxy groups -OCH3 is 1. The third kappa shape index (κ3) is 4.35. The Labute approximate surface area is 158 Å². The molecule has 0 saturated carbocycles. The van der Waals surface area contributed by atoms with Gasteiger partial charge in [0.05, 0.1) is 12.8 Å². The van der Waals surface area contributed by atoms with E-state index in [0.29, 0.717) is 0 Å². The van der Waals surface area contributed by atoms with Gasteiger partial charge in [-0.15, -0.1) is 0 Å². The Balaban J connectivity index is 1.81. The molecule has 2 aromatic carbocycles. The first-order valence-electron chi connectivity index (χ1n) is 8.63. The smallest absolute Gasteiger partial charge is 0.252 e. The molecule has 0 aliphatic carbocycles. The molecule has 1 aliphatic rings. The van der Waals surface area contributed by atoms with Crippen LogP contribution in [0.4, 0.5) is 5.69 Å². The number of hydrogen-bond donors (Lipinski definition) is 0. The minimum atomic E-state index is -0.0297. The molecule has 1 amide bonds. The minimum absolute atomic E-state index is 0.0297. The van der Waals surface area contributed by atoms with Crippen LogP contribution in [0, 0.1) is 0 Å². The molecule has 0 radical (unpaired) electrons. The monoisotopic (exact) mass is 366 g/mol. The second-order valence-corrected chi connectivity index (χ2v) is 6.90. The molecule has 1 heterocycles. The normalized spacial score (nSPS) is 18.6. The van der Waals surface area contributed by atoms with Gasteiger partial charge in [-0.05, 0) is 42.3 Å². The molecular formula is C21H22N2O2S. The summed E-state index contributed by atoms with van der Waals surface area (Å²) in [6.07, 6.45) is 4.38. The fourth-order valence-corrected chi connectivity index (χ4v) is 3.99. The Hall–Kier alpha value is -2.53. The Bertz CT molecular complexity index is 801. The van der Waals surface area contributed by atoms with Gasteiger partial charge in [0.2, 0.25) is 0 Å². The van der Waals surface area contributed by atoms with Crippen molar-refractivity contribution in [3.05, 3.63) is 66.2 Å². The van der Waals surface area contributed by atoms with E-state index < -0.39 is 0 Å². The summed E-state index contributed by atoms with van der Waals surface area (Å²) in [7, 11) is 1.64. The van der Waals surface area contributed by atoms with E-state index in [1.807, 2.05) is 65.6 Å². The zero-order chi connectivity index (χ0) is 18.4. The molecule has 1 fully saturated rings. The molecule has 0 spiro atoms. The average Bonchev–Trinajstić information content (AvgIpc) is 3.10. The average molecular weight is 366 g/mol. The van der Waals surface area contributed by atoms with E-state index in [0.717, 1.165) is 34.3 Å². The summed E-state index contributed by atoms with van der Waals surface area (Å²) in [6, 6.07) is 17.5. The van der Waals surface area contributed by atoms with E-state index in [2.05, 4.69) is 11.9 Å². The lowest BCUT2D eigenvalue weighted by Gasteiger charge is -2.21. The first-order valence-corrected chi connectivity index (χ1v) is 9.61. The number of amides is 1. The highest BCUT2D eigenvalue weighted by Gasteiger charge is 2.32. The summed E-state index contributed by atoms with van der Waals surface area (Å²) in [4.78, 5) is 19.3. The van der Waals surface area contributed by atoms with Crippen LogP contribution < -0.4 is 4.74 Å². The van der Waals surface area contributed by atoms with Gasteiger partial charge in [-0.25, -0.2) is 4.99 Å². The Kier molecular flexibility index (Phi) is 6.12. The number of rotatable bonds is 5. The van der Waals surface area contributed by atoms with Crippen LogP contribution in [-0.2, 0) is 4.79 Å².